The second-order valence-electron chi connectivity index (χ2n) is 4.89. The summed E-state index contributed by atoms with van der Waals surface area (Å²) in [6, 6.07) is 2.49. The zero-order valence-corrected chi connectivity index (χ0v) is 11.9. The largest absolute Gasteiger partial charge is 0.493 e. The molecule has 0 unspecified atom stereocenters. The van der Waals surface area contributed by atoms with Gasteiger partial charge in [0.1, 0.15) is 17.1 Å². The van der Waals surface area contributed by atoms with Crippen LogP contribution in [-0.4, -0.2) is 6.61 Å². The van der Waals surface area contributed by atoms with E-state index in [1.54, 1.807) is 0 Å². The molecule has 5 heteroatoms. The van der Waals surface area contributed by atoms with Crippen LogP contribution in [0.15, 0.2) is 18.2 Å². The fraction of sp³-hybridized carbons (Fsp3) is 0.600. The Kier molecular flexibility index (Phi) is 5.84. The highest BCUT2D eigenvalue weighted by atomic mass is 19.4. The van der Waals surface area contributed by atoms with Crippen molar-refractivity contribution in [1.82, 2.24) is 0 Å². The smallest absolute Gasteiger partial charge is 0.420 e. The zero-order valence-electron chi connectivity index (χ0n) is 11.9. The molecule has 0 amide bonds. The Morgan fingerprint density at radius 2 is 1.80 bits per heavy atom. The lowest BCUT2D eigenvalue weighted by atomic mass is 9.77. The van der Waals surface area contributed by atoms with Gasteiger partial charge in [0.2, 0.25) is 0 Å². The van der Waals surface area contributed by atoms with Crippen molar-refractivity contribution in [3.8, 4) is 5.75 Å². The number of hydrogen-bond acceptors (Lipinski definition) is 1. The van der Waals surface area contributed by atoms with Crippen LogP contribution < -0.4 is 4.74 Å². The van der Waals surface area contributed by atoms with Crippen LogP contribution in [-0.2, 0) is 6.18 Å². The van der Waals surface area contributed by atoms with E-state index >= 15 is 0 Å². The van der Waals surface area contributed by atoms with Crippen molar-refractivity contribution in [3.63, 3.8) is 0 Å². The van der Waals surface area contributed by atoms with Crippen LogP contribution in [0.25, 0.3) is 0 Å². The van der Waals surface area contributed by atoms with E-state index < -0.39 is 17.6 Å². The van der Waals surface area contributed by atoms with E-state index in [1.807, 2.05) is 13.8 Å². The summed E-state index contributed by atoms with van der Waals surface area (Å²) in [7, 11) is 0. The van der Waals surface area contributed by atoms with Crippen LogP contribution in [0.4, 0.5) is 17.6 Å². The van der Waals surface area contributed by atoms with E-state index in [0.29, 0.717) is 17.9 Å². The summed E-state index contributed by atoms with van der Waals surface area (Å²) in [5.74, 6) is -0.268. The number of rotatable bonds is 3. The van der Waals surface area contributed by atoms with Crippen molar-refractivity contribution in [1.29, 1.82) is 0 Å². The SMILES string of the molecule is CC.CC1CC(COc2ccc(F)cc2C(F)(F)F)C1. The van der Waals surface area contributed by atoms with Gasteiger partial charge in [-0.15, -0.1) is 0 Å². The Bertz CT molecular complexity index is 422. The van der Waals surface area contributed by atoms with E-state index in [1.165, 1.54) is 0 Å². The maximum Gasteiger partial charge on any atom is 0.420 e. The van der Waals surface area contributed by atoms with Gasteiger partial charge in [0.25, 0.3) is 0 Å². The van der Waals surface area contributed by atoms with Gasteiger partial charge in [-0.05, 0) is 42.9 Å². The summed E-state index contributed by atoms with van der Waals surface area (Å²) in [5, 5.41) is 0. The predicted molar refractivity (Wildman–Crippen MR) is 70.1 cm³/mol. The minimum Gasteiger partial charge on any atom is -0.493 e. The normalized spacial score (nSPS) is 21.6. The van der Waals surface area contributed by atoms with Crippen molar-refractivity contribution in [2.75, 3.05) is 6.61 Å². The first-order chi connectivity index (χ1) is 9.36. The van der Waals surface area contributed by atoms with Crippen LogP contribution >= 0.6 is 0 Å². The first-order valence-corrected chi connectivity index (χ1v) is 6.86. The number of halogens is 4. The highest BCUT2D eigenvalue weighted by molar-refractivity contribution is 5.36. The van der Waals surface area contributed by atoms with Crippen molar-refractivity contribution >= 4 is 0 Å². The molecule has 1 aliphatic rings. The van der Waals surface area contributed by atoms with Crippen molar-refractivity contribution in [3.05, 3.63) is 29.6 Å². The van der Waals surface area contributed by atoms with Crippen molar-refractivity contribution in [2.24, 2.45) is 11.8 Å². The lowest BCUT2D eigenvalue weighted by molar-refractivity contribution is -0.139. The van der Waals surface area contributed by atoms with Gasteiger partial charge in [-0.25, -0.2) is 4.39 Å². The molecule has 20 heavy (non-hydrogen) atoms. The first kappa shape index (κ1) is 16.8. The summed E-state index contributed by atoms with van der Waals surface area (Å²) in [5.41, 5.74) is -1.05. The molecule has 0 spiro atoms. The summed E-state index contributed by atoms with van der Waals surface area (Å²) in [6.45, 7) is 6.36. The molecule has 114 valence electrons. The van der Waals surface area contributed by atoms with E-state index in [0.717, 1.165) is 25.0 Å². The third kappa shape index (κ3) is 4.39. The molecule has 0 heterocycles. The third-order valence-corrected chi connectivity index (χ3v) is 3.19. The van der Waals surface area contributed by atoms with Gasteiger partial charge in [-0.1, -0.05) is 20.8 Å². The maximum absolute atomic E-state index is 12.8. The van der Waals surface area contributed by atoms with Crippen LogP contribution in [0.2, 0.25) is 0 Å². The molecule has 1 fully saturated rings. The van der Waals surface area contributed by atoms with E-state index in [2.05, 4.69) is 6.92 Å². The molecule has 0 radical (unpaired) electrons. The Morgan fingerprint density at radius 1 is 1.20 bits per heavy atom. The van der Waals surface area contributed by atoms with Gasteiger partial charge in [0.15, 0.2) is 0 Å². The number of alkyl halides is 3. The average Bonchev–Trinajstić information content (AvgIpc) is 2.36. The highest BCUT2D eigenvalue weighted by Crippen LogP contribution is 2.38. The Balaban J connectivity index is 0.000000956. The first-order valence-electron chi connectivity index (χ1n) is 6.86. The molecule has 0 atom stereocenters. The molecule has 1 saturated carbocycles. The Morgan fingerprint density at radius 3 is 2.30 bits per heavy atom. The van der Waals surface area contributed by atoms with Crippen LogP contribution in [0.3, 0.4) is 0 Å². The molecular formula is C15H20F4O. The van der Waals surface area contributed by atoms with Gasteiger partial charge in [-0.3, -0.25) is 0 Å². The van der Waals surface area contributed by atoms with Gasteiger partial charge >= 0.3 is 6.18 Å². The Labute approximate surface area is 116 Å². The van der Waals surface area contributed by atoms with Gasteiger partial charge < -0.3 is 4.74 Å². The minimum atomic E-state index is -4.59. The summed E-state index contributed by atoms with van der Waals surface area (Å²) in [6.07, 6.45) is -2.64. The Hall–Kier alpha value is -1.26. The summed E-state index contributed by atoms with van der Waals surface area (Å²) < 4.78 is 56.0. The van der Waals surface area contributed by atoms with E-state index in [9.17, 15) is 17.6 Å². The van der Waals surface area contributed by atoms with E-state index in [4.69, 9.17) is 4.74 Å². The third-order valence-electron chi connectivity index (χ3n) is 3.19. The molecule has 0 bridgehead atoms. The standard InChI is InChI=1S/C13H14F4O.C2H6/c1-8-4-9(5-8)7-18-12-3-2-10(14)6-11(12)13(15,16)17;1-2/h2-3,6,8-9H,4-5,7H2,1H3;1-2H3. The van der Waals surface area contributed by atoms with Crippen LogP contribution in [0, 0.1) is 17.7 Å². The molecule has 1 nitrogen and oxygen atoms in total. The molecule has 0 saturated heterocycles. The highest BCUT2D eigenvalue weighted by Gasteiger charge is 2.35. The van der Waals surface area contributed by atoms with Crippen LogP contribution in [0.5, 0.6) is 5.75 Å². The molecule has 2 rings (SSSR count). The number of hydrogen-bond donors (Lipinski definition) is 0. The van der Waals surface area contributed by atoms with E-state index in [-0.39, 0.29) is 12.4 Å². The quantitative estimate of drug-likeness (QED) is 0.687. The van der Waals surface area contributed by atoms with Gasteiger partial charge in [0.05, 0.1) is 6.61 Å². The topological polar surface area (TPSA) is 9.23 Å². The van der Waals surface area contributed by atoms with Crippen molar-refractivity contribution < 1.29 is 22.3 Å². The van der Waals surface area contributed by atoms with Crippen LogP contribution in [0.1, 0.15) is 39.2 Å². The second-order valence-corrected chi connectivity index (χ2v) is 4.89. The van der Waals surface area contributed by atoms with Crippen molar-refractivity contribution in [2.45, 2.75) is 39.8 Å². The number of benzene rings is 1. The monoisotopic (exact) mass is 292 g/mol. The zero-order chi connectivity index (χ0) is 15.3. The molecule has 1 aliphatic carbocycles. The second kappa shape index (κ2) is 6.95. The summed E-state index contributed by atoms with van der Waals surface area (Å²) >= 11 is 0. The molecule has 1 aromatic rings. The molecule has 0 N–H and O–H groups in total. The van der Waals surface area contributed by atoms with Gasteiger partial charge in [0, 0.05) is 0 Å². The molecule has 0 aliphatic heterocycles. The summed E-state index contributed by atoms with van der Waals surface area (Å²) in [4.78, 5) is 0. The average molecular weight is 292 g/mol. The maximum atomic E-state index is 12.8. The molecular weight excluding hydrogens is 272 g/mol. The lowest BCUT2D eigenvalue weighted by Gasteiger charge is -2.32. The van der Waals surface area contributed by atoms with Gasteiger partial charge in [-0.2, -0.15) is 13.2 Å². The molecule has 0 aromatic heterocycles. The minimum absolute atomic E-state index is 0.263. The fourth-order valence-electron chi connectivity index (χ4n) is 2.26. The molecule has 1 aromatic carbocycles. The fourth-order valence-corrected chi connectivity index (χ4v) is 2.26. The predicted octanol–water partition coefficient (Wildman–Crippen LogP) is 5.30. The lowest BCUT2D eigenvalue weighted by Crippen LogP contribution is -2.27. The number of ether oxygens (including phenoxy) is 1.